The number of aliphatic carboxylic acids is 1. The minimum absolute atomic E-state index is 0.0317. The molecule has 1 aromatic rings. The van der Waals surface area contributed by atoms with Gasteiger partial charge in [-0.25, -0.2) is 18.2 Å². The number of sulfone groups is 1. The molecule has 0 aromatic carbocycles. The Morgan fingerprint density at radius 1 is 1.43 bits per heavy atom. The molecule has 0 amide bonds. The van der Waals surface area contributed by atoms with E-state index < -0.39 is 21.3 Å². The van der Waals surface area contributed by atoms with Gasteiger partial charge in [0.2, 0.25) is 0 Å². The molecule has 0 aliphatic heterocycles. The summed E-state index contributed by atoms with van der Waals surface area (Å²) in [6.07, 6.45) is 5.05. The summed E-state index contributed by atoms with van der Waals surface area (Å²) >= 11 is 0. The predicted octanol–water partition coefficient (Wildman–Crippen LogP) is 1.93. The molecule has 0 atom stereocenters. The quantitative estimate of drug-likeness (QED) is 0.882. The van der Waals surface area contributed by atoms with Crippen LogP contribution in [-0.2, 0) is 14.6 Å². The summed E-state index contributed by atoms with van der Waals surface area (Å²) in [6, 6.07) is 2.96. The van der Waals surface area contributed by atoms with Crippen LogP contribution in [0.1, 0.15) is 32.6 Å². The van der Waals surface area contributed by atoms with E-state index in [0.717, 1.165) is 19.1 Å². The van der Waals surface area contributed by atoms with Gasteiger partial charge < -0.3 is 10.4 Å². The molecule has 0 saturated heterocycles. The molecule has 2 rings (SSSR count). The average Bonchev–Trinajstić information content (AvgIpc) is 2.41. The normalized spacial score (nSPS) is 26.3. The van der Waals surface area contributed by atoms with Crippen molar-refractivity contribution < 1.29 is 18.3 Å². The van der Waals surface area contributed by atoms with Gasteiger partial charge in [0.15, 0.2) is 9.84 Å². The van der Waals surface area contributed by atoms with Gasteiger partial charge >= 0.3 is 5.97 Å². The first-order chi connectivity index (χ1) is 9.74. The van der Waals surface area contributed by atoms with E-state index >= 15 is 0 Å². The lowest BCUT2D eigenvalue weighted by Crippen LogP contribution is -2.49. The van der Waals surface area contributed by atoms with Crippen molar-refractivity contribution in [3.05, 3.63) is 18.3 Å². The van der Waals surface area contributed by atoms with Crippen LogP contribution in [0, 0.1) is 5.92 Å². The van der Waals surface area contributed by atoms with Crippen molar-refractivity contribution in [1.82, 2.24) is 4.98 Å². The van der Waals surface area contributed by atoms with E-state index in [2.05, 4.69) is 17.2 Å². The van der Waals surface area contributed by atoms with Crippen LogP contribution in [0.4, 0.5) is 5.82 Å². The molecule has 0 bridgehead atoms. The number of nitrogens with one attached hydrogen (secondary N) is 1. The lowest BCUT2D eigenvalue weighted by Gasteiger charge is -2.37. The summed E-state index contributed by atoms with van der Waals surface area (Å²) in [5.41, 5.74) is -1.14. The highest BCUT2D eigenvalue weighted by atomic mass is 32.2. The minimum Gasteiger partial charge on any atom is -0.480 e. The van der Waals surface area contributed by atoms with E-state index in [1.807, 2.05) is 0 Å². The Morgan fingerprint density at radius 2 is 2.05 bits per heavy atom. The number of carboxylic acid groups (broad SMARTS) is 1. The van der Waals surface area contributed by atoms with Crippen molar-refractivity contribution in [1.29, 1.82) is 0 Å². The van der Waals surface area contributed by atoms with E-state index in [-0.39, 0.29) is 10.7 Å². The fraction of sp³-hybridized carbons (Fsp3) is 0.571. The summed E-state index contributed by atoms with van der Waals surface area (Å²) in [5, 5.41) is 12.5. The number of pyridine rings is 1. The van der Waals surface area contributed by atoms with Crippen LogP contribution in [0.2, 0.25) is 0 Å². The van der Waals surface area contributed by atoms with Crippen molar-refractivity contribution in [3.63, 3.8) is 0 Å². The van der Waals surface area contributed by atoms with E-state index in [1.54, 1.807) is 0 Å². The van der Waals surface area contributed by atoms with Crippen molar-refractivity contribution in [2.24, 2.45) is 5.92 Å². The van der Waals surface area contributed by atoms with Gasteiger partial charge in [0.25, 0.3) is 0 Å². The molecule has 21 heavy (non-hydrogen) atoms. The highest BCUT2D eigenvalue weighted by Crippen LogP contribution is 2.35. The molecular weight excluding hydrogens is 292 g/mol. The number of hydrogen-bond acceptors (Lipinski definition) is 5. The molecule has 6 nitrogen and oxygen atoms in total. The van der Waals surface area contributed by atoms with Gasteiger partial charge in [-0.05, 0) is 43.7 Å². The lowest BCUT2D eigenvalue weighted by atomic mass is 9.77. The number of rotatable bonds is 4. The average molecular weight is 312 g/mol. The third kappa shape index (κ3) is 3.34. The van der Waals surface area contributed by atoms with E-state index in [9.17, 15) is 18.3 Å². The van der Waals surface area contributed by atoms with Crippen LogP contribution >= 0.6 is 0 Å². The van der Waals surface area contributed by atoms with Gasteiger partial charge in [0.1, 0.15) is 16.3 Å². The molecule has 1 heterocycles. The molecule has 1 aromatic heterocycles. The standard InChI is InChI=1S/C14H20N2O4S/c1-10-5-7-14(8-6-10,13(17)18)16-12-11(21(2,19)20)4-3-9-15-12/h3-4,9-10H,5-8H2,1-2H3,(H,15,16)(H,17,18). The molecule has 0 unspecified atom stereocenters. The summed E-state index contributed by atoms with van der Waals surface area (Å²) < 4.78 is 23.6. The van der Waals surface area contributed by atoms with Crippen molar-refractivity contribution in [2.75, 3.05) is 11.6 Å². The fourth-order valence-corrected chi connectivity index (χ4v) is 3.44. The highest BCUT2D eigenvalue weighted by molar-refractivity contribution is 7.90. The predicted molar refractivity (Wildman–Crippen MR) is 79.0 cm³/mol. The summed E-state index contributed by atoms with van der Waals surface area (Å²) in [6.45, 7) is 2.09. The van der Waals surface area contributed by atoms with Crippen LogP contribution in [0.5, 0.6) is 0 Å². The van der Waals surface area contributed by atoms with E-state index in [4.69, 9.17) is 0 Å². The maximum atomic E-state index is 11.8. The van der Waals surface area contributed by atoms with Gasteiger partial charge in [-0.15, -0.1) is 0 Å². The SMILES string of the molecule is CC1CCC(Nc2ncccc2S(C)(=O)=O)(C(=O)O)CC1. The van der Waals surface area contributed by atoms with Crippen LogP contribution in [0.15, 0.2) is 23.2 Å². The third-order valence-electron chi connectivity index (χ3n) is 4.07. The molecule has 1 saturated carbocycles. The minimum atomic E-state index is -3.47. The number of carboxylic acids is 1. The van der Waals surface area contributed by atoms with E-state index in [1.165, 1.54) is 18.3 Å². The highest BCUT2D eigenvalue weighted by Gasteiger charge is 2.42. The first kappa shape index (κ1) is 15.8. The molecule has 7 heteroatoms. The molecule has 0 radical (unpaired) electrons. The first-order valence-electron chi connectivity index (χ1n) is 6.91. The maximum Gasteiger partial charge on any atom is 0.329 e. The zero-order valence-electron chi connectivity index (χ0n) is 12.2. The van der Waals surface area contributed by atoms with Crippen molar-refractivity contribution in [2.45, 2.75) is 43.0 Å². The molecule has 1 aliphatic rings. The second kappa shape index (κ2) is 5.63. The Kier molecular flexibility index (Phi) is 4.22. The monoisotopic (exact) mass is 312 g/mol. The zero-order valence-corrected chi connectivity index (χ0v) is 13.0. The Balaban J connectivity index is 2.37. The summed E-state index contributed by atoms with van der Waals surface area (Å²) in [4.78, 5) is 15.8. The topological polar surface area (TPSA) is 96.4 Å². The second-order valence-electron chi connectivity index (χ2n) is 5.82. The smallest absolute Gasteiger partial charge is 0.329 e. The number of carbonyl (C=O) groups is 1. The Labute approximate surface area is 124 Å². The van der Waals surface area contributed by atoms with Crippen molar-refractivity contribution >= 4 is 21.6 Å². The molecule has 1 fully saturated rings. The Bertz CT molecular complexity index is 634. The number of hydrogen-bond donors (Lipinski definition) is 2. The van der Waals surface area contributed by atoms with Gasteiger partial charge in [0, 0.05) is 12.5 Å². The zero-order chi connectivity index (χ0) is 15.7. The Hall–Kier alpha value is -1.63. The number of anilines is 1. The van der Waals surface area contributed by atoms with E-state index in [0.29, 0.717) is 18.8 Å². The number of aromatic nitrogens is 1. The van der Waals surface area contributed by atoms with Gasteiger partial charge in [-0.2, -0.15) is 0 Å². The molecule has 2 N–H and O–H groups in total. The molecular formula is C14H20N2O4S. The molecule has 0 spiro atoms. The van der Waals surface area contributed by atoms with Crippen LogP contribution in [0.3, 0.4) is 0 Å². The number of nitrogens with zero attached hydrogens (tertiary/aromatic N) is 1. The van der Waals surface area contributed by atoms with Crippen LogP contribution in [0.25, 0.3) is 0 Å². The molecule has 116 valence electrons. The van der Waals surface area contributed by atoms with Crippen molar-refractivity contribution in [3.8, 4) is 0 Å². The largest absolute Gasteiger partial charge is 0.480 e. The van der Waals surface area contributed by atoms with Gasteiger partial charge in [-0.1, -0.05) is 6.92 Å². The van der Waals surface area contributed by atoms with Crippen LogP contribution in [-0.4, -0.2) is 36.3 Å². The Morgan fingerprint density at radius 3 is 2.57 bits per heavy atom. The first-order valence-corrected chi connectivity index (χ1v) is 8.80. The lowest BCUT2D eigenvalue weighted by molar-refractivity contribution is -0.143. The second-order valence-corrected chi connectivity index (χ2v) is 7.80. The maximum absolute atomic E-state index is 11.8. The summed E-state index contributed by atoms with van der Waals surface area (Å²) in [7, 11) is -3.47. The third-order valence-corrected chi connectivity index (χ3v) is 5.19. The fourth-order valence-electron chi connectivity index (χ4n) is 2.66. The van der Waals surface area contributed by atoms with Gasteiger partial charge in [-0.3, -0.25) is 0 Å². The van der Waals surface area contributed by atoms with Gasteiger partial charge in [0.05, 0.1) is 0 Å². The van der Waals surface area contributed by atoms with Crippen LogP contribution < -0.4 is 5.32 Å². The molecule has 1 aliphatic carbocycles. The summed E-state index contributed by atoms with van der Waals surface area (Å²) in [5.74, 6) is -0.353.